The van der Waals surface area contributed by atoms with Crippen molar-refractivity contribution in [1.82, 2.24) is 14.8 Å². The first-order valence-corrected chi connectivity index (χ1v) is 7.75. The Bertz CT molecular complexity index is 704. The Morgan fingerprint density at radius 1 is 1.35 bits per heavy atom. The fraction of sp³-hybridized carbons (Fsp3) is 0.200. The number of benzene rings is 1. The van der Waals surface area contributed by atoms with Crippen molar-refractivity contribution in [2.75, 3.05) is 0 Å². The van der Waals surface area contributed by atoms with E-state index in [9.17, 15) is 0 Å². The lowest BCUT2D eigenvalue weighted by atomic mass is 10.1. The monoisotopic (exact) mass is 303 g/mol. The van der Waals surface area contributed by atoms with E-state index < -0.39 is 0 Å². The van der Waals surface area contributed by atoms with E-state index in [0.29, 0.717) is 5.88 Å². The molecule has 3 aromatic rings. The molecule has 20 heavy (non-hydrogen) atoms. The lowest BCUT2D eigenvalue weighted by Gasteiger charge is -2.07. The molecular weight excluding hydrogens is 290 g/mol. The molecule has 3 rings (SSSR count). The molecule has 0 radical (unpaired) electrons. The fourth-order valence-electron chi connectivity index (χ4n) is 2.08. The predicted molar refractivity (Wildman–Crippen MR) is 83.2 cm³/mol. The third-order valence-corrected chi connectivity index (χ3v) is 4.38. The molecular formula is C15H14ClN3S. The van der Waals surface area contributed by atoms with Crippen molar-refractivity contribution < 1.29 is 0 Å². The van der Waals surface area contributed by atoms with Gasteiger partial charge in [-0.05, 0) is 30.2 Å². The number of thiazole rings is 1. The van der Waals surface area contributed by atoms with Crippen LogP contribution in [-0.2, 0) is 12.4 Å². The van der Waals surface area contributed by atoms with Gasteiger partial charge in [0.2, 0.25) is 0 Å². The van der Waals surface area contributed by atoms with Gasteiger partial charge in [-0.3, -0.25) is 4.68 Å². The minimum absolute atomic E-state index is 0.465. The molecule has 0 bridgehead atoms. The Balaban J connectivity index is 1.87. The summed E-state index contributed by atoms with van der Waals surface area (Å²) >= 11 is 7.43. The fourth-order valence-corrected chi connectivity index (χ4v) is 3.12. The van der Waals surface area contributed by atoms with Crippen molar-refractivity contribution in [3.8, 4) is 10.6 Å². The van der Waals surface area contributed by atoms with Gasteiger partial charge in [-0.15, -0.1) is 22.9 Å². The van der Waals surface area contributed by atoms with Crippen LogP contribution in [0, 0.1) is 6.92 Å². The van der Waals surface area contributed by atoms with Crippen LogP contribution in [0.5, 0.6) is 0 Å². The van der Waals surface area contributed by atoms with Crippen LogP contribution in [0.1, 0.15) is 16.8 Å². The van der Waals surface area contributed by atoms with Crippen LogP contribution < -0.4 is 0 Å². The van der Waals surface area contributed by atoms with E-state index in [2.05, 4.69) is 35.2 Å². The molecule has 0 aliphatic heterocycles. The average molecular weight is 304 g/mol. The Kier molecular flexibility index (Phi) is 3.85. The lowest BCUT2D eigenvalue weighted by Crippen LogP contribution is -2.01. The minimum atomic E-state index is 0.465. The van der Waals surface area contributed by atoms with E-state index in [0.717, 1.165) is 22.8 Å². The third-order valence-electron chi connectivity index (χ3n) is 3.17. The molecule has 102 valence electrons. The zero-order valence-corrected chi connectivity index (χ0v) is 12.7. The highest BCUT2D eigenvalue weighted by Gasteiger charge is 2.07. The van der Waals surface area contributed by atoms with Gasteiger partial charge in [0.1, 0.15) is 5.01 Å². The third kappa shape index (κ3) is 2.76. The van der Waals surface area contributed by atoms with Gasteiger partial charge < -0.3 is 0 Å². The molecule has 0 aliphatic carbocycles. The maximum Gasteiger partial charge on any atom is 0.123 e. The molecule has 0 spiro atoms. The molecule has 0 saturated carbocycles. The van der Waals surface area contributed by atoms with Crippen LogP contribution >= 0.6 is 22.9 Å². The lowest BCUT2D eigenvalue weighted by molar-refractivity contribution is 0.684. The number of rotatable bonds is 4. The maximum absolute atomic E-state index is 5.80. The van der Waals surface area contributed by atoms with Gasteiger partial charge in [-0.25, -0.2) is 4.98 Å². The van der Waals surface area contributed by atoms with E-state index >= 15 is 0 Å². The van der Waals surface area contributed by atoms with Gasteiger partial charge >= 0.3 is 0 Å². The Hall–Kier alpha value is -1.65. The van der Waals surface area contributed by atoms with Gasteiger partial charge in [0, 0.05) is 23.3 Å². The van der Waals surface area contributed by atoms with Crippen LogP contribution in [0.4, 0.5) is 0 Å². The average Bonchev–Trinajstić information content (AvgIpc) is 3.12. The largest absolute Gasteiger partial charge is 0.268 e. The minimum Gasteiger partial charge on any atom is -0.268 e. The summed E-state index contributed by atoms with van der Waals surface area (Å²) < 4.78 is 1.93. The second-order valence-corrected chi connectivity index (χ2v) is 5.75. The summed E-state index contributed by atoms with van der Waals surface area (Å²) in [6, 6.07) is 8.37. The second-order valence-electron chi connectivity index (χ2n) is 4.62. The van der Waals surface area contributed by atoms with E-state index in [1.54, 1.807) is 17.5 Å². The number of halogens is 1. The number of hydrogen-bond donors (Lipinski definition) is 0. The maximum atomic E-state index is 5.80. The normalized spacial score (nSPS) is 10.9. The molecule has 0 unspecified atom stereocenters. The topological polar surface area (TPSA) is 30.7 Å². The number of aromatic nitrogens is 3. The van der Waals surface area contributed by atoms with Gasteiger partial charge in [0.05, 0.1) is 18.1 Å². The van der Waals surface area contributed by atoms with Gasteiger partial charge in [0.25, 0.3) is 0 Å². The Morgan fingerprint density at radius 3 is 2.90 bits per heavy atom. The number of nitrogens with zero attached hydrogens (tertiary/aromatic N) is 3. The number of alkyl halides is 1. The van der Waals surface area contributed by atoms with Gasteiger partial charge in [0.15, 0.2) is 0 Å². The molecule has 0 fully saturated rings. The summed E-state index contributed by atoms with van der Waals surface area (Å²) in [5.74, 6) is 0.465. The number of hydrogen-bond acceptors (Lipinski definition) is 3. The summed E-state index contributed by atoms with van der Waals surface area (Å²) in [4.78, 5) is 4.51. The summed E-state index contributed by atoms with van der Waals surface area (Å²) in [6.07, 6.45) is 3.77. The van der Waals surface area contributed by atoms with Crippen molar-refractivity contribution in [3.63, 3.8) is 0 Å². The van der Waals surface area contributed by atoms with Crippen LogP contribution in [0.15, 0.2) is 42.0 Å². The van der Waals surface area contributed by atoms with Crippen LogP contribution in [0.2, 0.25) is 0 Å². The molecule has 1 aromatic carbocycles. The quantitative estimate of drug-likeness (QED) is 0.679. The van der Waals surface area contributed by atoms with E-state index in [1.165, 1.54) is 11.1 Å². The number of aryl methyl sites for hydroxylation is 1. The Morgan fingerprint density at radius 2 is 2.25 bits per heavy atom. The first-order chi connectivity index (χ1) is 9.76. The molecule has 5 heteroatoms. The van der Waals surface area contributed by atoms with E-state index in [1.807, 2.05) is 22.3 Å². The first kappa shape index (κ1) is 13.3. The van der Waals surface area contributed by atoms with Crippen molar-refractivity contribution >= 4 is 22.9 Å². The van der Waals surface area contributed by atoms with Crippen molar-refractivity contribution in [2.45, 2.75) is 19.3 Å². The van der Waals surface area contributed by atoms with E-state index in [-0.39, 0.29) is 0 Å². The van der Waals surface area contributed by atoms with Crippen LogP contribution in [0.25, 0.3) is 10.6 Å². The molecule has 2 aromatic heterocycles. The molecule has 0 amide bonds. The second kappa shape index (κ2) is 5.77. The summed E-state index contributed by atoms with van der Waals surface area (Å²) in [5, 5.41) is 7.27. The smallest absolute Gasteiger partial charge is 0.123 e. The van der Waals surface area contributed by atoms with Crippen molar-refractivity contribution in [3.05, 3.63) is 58.9 Å². The summed E-state index contributed by atoms with van der Waals surface area (Å²) in [5.41, 5.74) is 4.60. The van der Waals surface area contributed by atoms with Crippen LogP contribution in [0.3, 0.4) is 0 Å². The molecule has 2 heterocycles. The first-order valence-electron chi connectivity index (χ1n) is 6.34. The molecule has 3 nitrogen and oxygen atoms in total. The summed E-state index contributed by atoms with van der Waals surface area (Å²) in [6.45, 7) is 2.92. The standard InChI is InChI=1S/C15H14ClN3S/c1-11-7-12(15-18-14(8-16)10-20-15)3-4-13(11)9-19-6-2-5-17-19/h2-7,10H,8-9H2,1H3. The van der Waals surface area contributed by atoms with Crippen LogP contribution in [-0.4, -0.2) is 14.8 Å². The molecule has 0 saturated heterocycles. The highest BCUT2D eigenvalue weighted by Crippen LogP contribution is 2.26. The zero-order chi connectivity index (χ0) is 13.9. The summed E-state index contributed by atoms with van der Waals surface area (Å²) in [7, 11) is 0. The van der Waals surface area contributed by atoms with Gasteiger partial charge in [-0.2, -0.15) is 5.10 Å². The van der Waals surface area contributed by atoms with Crippen molar-refractivity contribution in [2.24, 2.45) is 0 Å². The SMILES string of the molecule is Cc1cc(-c2nc(CCl)cs2)ccc1Cn1cccn1. The zero-order valence-electron chi connectivity index (χ0n) is 11.1. The van der Waals surface area contributed by atoms with Gasteiger partial charge in [-0.1, -0.05) is 12.1 Å². The molecule has 0 N–H and O–H groups in total. The molecule has 0 atom stereocenters. The predicted octanol–water partition coefficient (Wildman–Crippen LogP) is 4.10. The van der Waals surface area contributed by atoms with E-state index in [4.69, 9.17) is 11.6 Å². The highest BCUT2D eigenvalue weighted by molar-refractivity contribution is 7.13. The van der Waals surface area contributed by atoms with Crippen molar-refractivity contribution in [1.29, 1.82) is 0 Å². The molecule has 0 aliphatic rings. The highest BCUT2D eigenvalue weighted by atomic mass is 35.5. The Labute approximate surface area is 126 Å².